The van der Waals surface area contributed by atoms with Gasteiger partial charge in [-0.3, -0.25) is 0 Å². The molecule has 1 aliphatic carbocycles. The third kappa shape index (κ3) is 24.1. The van der Waals surface area contributed by atoms with E-state index in [1.54, 1.807) is 0 Å². The van der Waals surface area contributed by atoms with Gasteiger partial charge in [-0.05, 0) is 11.5 Å². The Kier molecular flexibility index (Phi) is 9.49. The quantitative estimate of drug-likeness (QED) is 0.237. The van der Waals surface area contributed by atoms with Crippen molar-refractivity contribution in [3.8, 4) is 0 Å². The molecule has 0 N–H and O–H groups in total. The minimum atomic E-state index is -10.7. The summed E-state index contributed by atoms with van der Waals surface area (Å²) >= 11 is 3.74. The van der Waals surface area contributed by atoms with Crippen LogP contribution in [0.25, 0.3) is 0 Å². The molecule has 0 atom stereocenters. The zero-order valence-electron chi connectivity index (χ0n) is 13.3. The summed E-state index contributed by atoms with van der Waals surface area (Å²) in [4.78, 5) is 0. The normalized spacial score (nSPS) is 15.8. The molecule has 137 valence electrons. The Labute approximate surface area is 152 Å². The van der Waals surface area contributed by atoms with E-state index in [1.165, 1.54) is 10.0 Å². The molecule has 1 aromatic carbocycles. The number of rotatable bonds is 1. The summed E-state index contributed by atoms with van der Waals surface area (Å²) < 4.78 is 60.4. The van der Waals surface area contributed by atoms with Crippen LogP contribution in [0.3, 0.4) is 0 Å². The summed E-state index contributed by atoms with van der Waals surface area (Å²) in [5.74, 6) is 0.659. The molecular formula is C14H18F6Fe2P. The maximum atomic E-state index is 9.87. The van der Waals surface area contributed by atoms with Gasteiger partial charge >= 0.3 is 79.5 Å². The smallest absolute Gasteiger partial charge is 1.00 e. The number of benzene rings is 1. The van der Waals surface area contributed by atoms with Crippen LogP contribution in [0, 0.1) is 0 Å². The largest absolute Gasteiger partial charge is 1.00 e. The summed E-state index contributed by atoms with van der Waals surface area (Å²) in [5.41, 5.74) is 1.41. The van der Waals surface area contributed by atoms with Gasteiger partial charge in [0, 0.05) is 17.1 Å². The van der Waals surface area contributed by atoms with E-state index in [-0.39, 0.29) is 18.5 Å². The van der Waals surface area contributed by atoms with Gasteiger partial charge in [0.15, 0.2) is 0 Å². The van der Waals surface area contributed by atoms with Crippen LogP contribution in [0.1, 0.15) is 33.2 Å². The first-order valence-corrected chi connectivity index (χ1v) is 8.84. The average Bonchev–Trinajstić information content (AvgIpc) is 2.78. The van der Waals surface area contributed by atoms with E-state index in [0.717, 1.165) is 6.42 Å². The Bertz CT molecular complexity index is 515. The summed E-state index contributed by atoms with van der Waals surface area (Å²) in [5, 5.41) is 0. The van der Waals surface area contributed by atoms with Gasteiger partial charge in [-0.1, -0.05) is 44.2 Å². The third-order valence-electron chi connectivity index (χ3n) is 2.18. The molecule has 0 fully saturated rings. The Hall–Kier alpha value is -0.251. The Morgan fingerprint density at radius 2 is 1.43 bits per heavy atom. The standard InChI is InChI=1S/C9H12.C5H5.F6P.2Fe/c1-8(2)9-6-4-3-5-7-9;1-2-4-5-3-1;1-7(2,3,4,5)6;;/h3-8H,1-2H3;1-3H,4H2;;;/q;;-1;;/p+1. The first-order valence-electron chi connectivity index (χ1n) is 6.26. The van der Waals surface area contributed by atoms with E-state index in [4.69, 9.17) is 0 Å². The number of hydrogen-bond acceptors (Lipinski definition) is 0. The zero-order valence-corrected chi connectivity index (χ0v) is 15.4. The molecule has 23 heavy (non-hydrogen) atoms. The van der Waals surface area contributed by atoms with Gasteiger partial charge in [0.25, 0.3) is 0 Å². The molecule has 2 rings (SSSR count). The van der Waals surface area contributed by atoms with Crippen molar-refractivity contribution >= 4 is 7.81 Å². The van der Waals surface area contributed by atoms with E-state index >= 15 is 0 Å². The van der Waals surface area contributed by atoms with E-state index in [2.05, 4.69) is 60.2 Å². The van der Waals surface area contributed by atoms with Gasteiger partial charge in [-0.2, -0.15) is 0 Å². The van der Waals surface area contributed by atoms with Crippen LogP contribution in [0.15, 0.2) is 53.0 Å². The maximum Gasteiger partial charge on any atom is 1.00 e. The van der Waals surface area contributed by atoms with Crippen molar-refractivity contribution < 1.29 is 59.7 Å². The van der Waals surface area contributed by atoms with Crippen LogP contribution >= 0.6 is 7.81 Å². The van der Waals surface area contributed by atoms with Crippen LogP contribution in [-0.2, 0) is 33.1 Å². The number of halogens is 6. The first kappa shape index (κ1) is 25.0. The predicted octanol–water partition coefficient (Wildman–Crippen LogP) is 7.68. The summed E-state index contributed by atoms with van der Waals surface area (Å²) in [7, 11) is -10.7. The fourth-order valence-corrected chi connectivity index (χ4v) is 1.49. The first-order chi connectivity index (χ1) is 9.65. The van der Waals surface area contributed by atoms with Gasteiger partial charge in [0.1, 0.15) is 0 Å². The van der Waals surface area contributed by atoms with Crippen molar-refractivity contribution in [2.45, 2.75) is 26.2 Å². The zero-order chi connectivity index (χ0) is 17.5. The molecule has 1 aromatic rings. The molecule has 0 amide bonds. The number of allylic oxidation sites excluding steroid dienone is 4. The van der Waals surface area contributed by atoms with Crippen molar-refractivity contribution in [3.63, 3.8) is 0 Å². The van der Waals surface area contributed by atoms with Gasteiger partial charge in [-0.15, -0.1) is 0 Å². The minimum absolute atomic E-state index is 0. The van der Waals surface area contributed by atoms with E-state index in [9.17, 15) is 25.2 Å². The van der Waals surface area contributed by atoms with E-state index < -0.39 is 7.81 Å². The van der Waals surface area contributed by atoms with Crippen molar-refractivity contribution in [2.24, 2.45) is 0 Å². The van der Waals surface area contributed by atoms with Crippen LogP contribution < -0.4 is 0 Å². The molecule has 0 nitrogen and oxygen atoms in total. The molecule has 0 aliphatic heterocycles. The SMILES string of the molecule is CC(C)c1ccccc1.F[P-](F)(F)(F)(F)F.[Fe].[Fe][C]1=CC=CC1.[H+]. The fraction of sp³-hybridized carbons (Fsp3) is 0.286. The molecule has 0 radical (unpaired) electrons. The van der Waals surface area contributed by atoms with Gasteiger partial charge in [-0.25, -0.2) is 0 Å². The van der Waals surface area contributed by atoms with Crippen molar-refractivity contribution in [3.05, 3.63) is 58.6 Å². The van der Waals surface area contributed by atoms with Gasteiger partial charge < -0.3 is 0 Å². The third-order valence-corrected chi connectivity index (χ3v) is 2.59. The van der Waals surface area contributed by atoms with E-state index in [1.807, 2.05) is 18.2 Å². The molecule has 0 unspecified atom stereocenters. The summed E-state index contributed by atoms with van der Waals surface area (Å²) in [6.45, 7) is 4.41. The molecular weight excluding hydrogens is 425 g/mol. The molecule has 0 heterocycles. The van der Waals surface area contributed by atoms with Crippen LogP contribution in [0.4, 0.5) is 25.2 Å². The van der Waals surface area contributed by atoms with Gasteiger partial charge in [0.05, 0.1) is 0 Å². The molecule has 9 heteroatoms. The monoisotopic (exact) mass is 443 g/mol. The topological polar surface area (TPSA) is 0 Å². The predicted molar refractivity (Wildman–Crippen MR) is 77.1 cm³/mol. The van der Waals surface area contributed by atoms with Crippen LogP contribution in [0.2, 0.25) is 0 Å². The second kappa shape index (κ2) is 8.73. The summed E-state index contributed by atoms with van der Waals surface area (Å²) in [6.07, 6.45) is 7.21. The van der Waals surface area contributed by atoms with Crippen LogP contribution in [0.5, 0.6) is 0 Å². The second-order valence-corrected chi connectivity index (χ2v) is 7.38. The van der Waals surface area contributed by atoms with Crippen molar-refractivity contribution in [1.29, 1.82) is 0 Å². The second-order valence-electron chi connectivity index (χ2n) is 4.75. The Balaban J connectivity index is -0.000000270. The fourth-order valence-electron chi connectivity index (χ4n) is 1.25. The minimum Gasteiger partial charge on any atom is 1.00 e. The maximum absolute atomic E-state index is 10.7. The molecule has 0 bridgehead atoms. The molecule has 1 aliphatic rings. The Morgan fingerprint density at radius 3 is 1.61 bits per heavy atom. The van der Waals surface area contributed by atoms with Crippen molar-refractivity contribution in [2.75, 3.05) is 0 Å². The molecule has 0 saturated heterocycles. The van der Waals surface area contributed by atoms with Crippen LogP contribution in [-0.4, -0.2) is 0 Å². The average molecular weight is 443 g/mol. The van der Waals surface area contributed by atoms with E-state index in [0.29, 0.717) is 5.92 Å². The van der Waals surface area contributed by atoms with Crippen molar-refractivity contribution in [1.82, 2.24) is 0 Å². The molecule has 0 spiro atoms. The van der Waals surface area contributed by atoms with Gasteiger partial charge in [0.2, 0.25) is 0 Å². The molecule has 0 saturated carbocycles. The molecule has 0 aromatic heterocycles. The summed E-state index contributed by atoms with van der Waals surface area (Å²) in [6, 6.07) is 10.5. The number of hydrogen-bond donors (Lipinski definition) is 0. The Morgan fingerprint density at radius 1 is 1.00 bits per heavy atom.